The molecule has 0 fully saturated rings. The minimum Gasteiger partial charge on any atom is -0.491 e. The number of rotatable bonds is 8. The van der Waals surface area contributed by atoms with Gasteiger partial charge in [0.2, 0.25) is 5.91 Å². The molecule has 184 valence electrons. The maximum Gasteiger partial charge on any atom is 0.254 e. The van der Waals surface area contributed by atoms with Gasteiger partial charge in [-0.3, -0.25) is 9.59 Å². The van der Waals surface area contributed by atoms with Gasteiger partial charge in [-0.2, -0.15) is 0 Å². The zero-order valence-electron chi connectivity index (χ0n) is 21.0. The highest BCUT2D eigenvalue weighted by atomic mass is 32.1. The summed E-state index contributed by atoms with van der Waals surface area (Å²) in [6, 6.07) is 17.4. The van der Waals surface area contributed by atoms with Gasteiger partial charge in [0.1, 0.15) is 18.9 Å². The molecule has 0 bridgehead atoms. The first kappa shape index (κ1) is 25.0. The standard InChI is InChI=1S/C29H34N2O3S/c1-5-22(4)31(29(33)23-12-8-6-10-20(23)2)18-28(32)30-16-14-27-24(15-17-35-27)25(30)19-34-26-13-9-7-11-21(26)3/h6-13,15,17,22,25H,5,14,16,18-19H2,1-4H3/t22-,25+/m0/s1. The van der Waals surface area contributed by atoms with E-state index in [1.165, 1.54) is 4.88 Å². The molecule has 0 aliphatic carbocycles. The van der Waals surface area contributed by atoms with Crippen LogP contribution in [-0.2, 0) is 11.2 Å². The summed E-state index contributed by atoms with van der Waals surface area (Å²) in [6.07, 6.45) is 1.61. The van der Waals surface area contributed by atoms with Crippen molar-refractivity contribution >= 4 is 23.2 Å². The fourth-order valence-corrected chi connectivity index (χ4v) is 5.54. The summed E-state index contributed by atoms with van der Waals surface area (Å²) in [5.41, 5.74) is 3.80. The Morgan fingerprint density at radius 2 is 1.80 bits per heavy atom. The predicted octanol–water partition coefficient (Wildman–Crippen LogP) is 5.81. The van der Waals surface area contributed by atoms with Gasteiger partial charge in [0.05, 0.1) is 6.04 Å². The molecule has 0 saturated heterocycles. The lowest BCUT2D eigenvalue weighted by Gasteiger charge is -2.38. The number of aryl methyl sites for hydroxylation is 2. The van der Waals surface area contributed by atoms with Gasteiger partial charge in [-0.25, -0.2) is 0 Å². The molecule has 2 amide bonds. The first-order valence-electron chi connectivity index (χ1n) is 12.3. The molecule has 1 aliphatic heterocycles. The number of hydrogen-bond donors (Lipinski definition) is 0. The van der Waals surface area contributed by atoms with Gasteiger partial charge in [-0.15, -0.1) is 11.3 Å². The average Bonchev–Trinajstić information content (AvgIpc) is 3.35. The highest BCUT2D eigenvalue weighted by Crippen LogP contribution is 2.34. The Hall–Kier alpha value is -3.12. The van der Waals surface area contributed by atoms with E-state index in [9.17, 15) is 9.59 Å². The van der Waals surface area contributed by atoms with Crippen LogP contribution in [0.2, 0.25) is 0 Å². The molecule has 0 radical (unpaired) electrons. The average molecular weight is 491 g/mol. The third-order valence-corrected chi connectivity index (χ3v) is 7.97. The zero-order chi connectivity index (χ0) is 24.9. The molecule has 5 nitrogen and oxygen atoms in total. The number of benzene rings is 2. The predicted molar refractivity (Wildman–Crippen MR) is 141 cm³/mol. The molecule has 0 unspecified atom stereocenters. The molecular formula is C29H34N2O3S. The normalized spacial score (nSPS) is 15.9. The summed E-state index contributed by atoms with van der Waals surface area (Å²) in [5.74, 6) is 0.701. The van der Waals surface area contributed by atoms with E-state index in [4.69, 9.17) is 4.74 Å². The van der Waals surface area contributed by atoms with Gasteiger partial charge in [0.25, 0.3) is 5.91 Å². The summed E-state index contributed by atoms with van der Waals surface area (Å²) in [4.78, 5) is 32.2. The molecule has 0 spiro atoms. The Bertz CT molecular complexity index is 1190. The van der Waals surface area contributed by atoms with Crippen LogP contribution in [0, 0.1) is 13.8 Å². The number of thiophene rings is 1. The van der Waals surface area contributed by atoms with Crippen LogP contribution in [0.5, 0.6) is 5.75 Å². The topological polar surface area (TPSA) is 49.9 Å². The van der Waals surface area contributed by atoms with Gasteiger partial charge in [0.15, 0.2) is 0 Å². The van der Waals surface area contributed by atoms with E-state index < -0.39 is 0 Å². The molecule has 2 aromatic carbocycles. The van der Waals surface area contributed by atoms with Crippen molar-refractivity contribution in [3.8, 4) is 5.75 Å². The summed E-state index contributed by atoms with van der Waals surface area (Å²) in [6.45, 7) is 9.08. The molecule has 0 N–H and O–H groups in total. The summed E-state index contributed by atoms with van der Waals surface area (Å²) in [5, 5.41) is 2.09. The van der Waals surface area contributed by atoms with Crippen molar-refractivity contribution in [1.82, 2.24) is 9.80 Å². The van der Waals surface area contributed by atoms with Crippen LogP contribution in [0.25, 0.3) is 0 Å². The fraction of sp³-hybridized carbons (Fsp3) is 0.379. The van der Waals surface area contributed by atoms with E-state index in [2.05, 4.69) is 11.4 Å². The Labute approximate surface area is 212 Å². The minimum atomic E-state index is -0.176. The van der Waals surface area contributed by atoms with Crippen LogP contribution in [0.3, 0.4) is 0 Å². The summed E-state index contributed by atoms with van der Waals surface area (Å²) < 4.78 is 6.22. The van der Waals surface area contributed by atoms with Crippen LogP contribution in [-0.4, -0.2) is 47.4 Å². The molecule has 2 heterocycles. The Balaban J connectivity index is 1.57. The highest BCUT2D eigenvalue weighted by molar-refractivity contribution is 7.10. The number of amides is 2. The van der Waals surface area contributed by atoms with E-state index in [0.29, 0.717) is 18.7 Å². The molecule has 0 saturated carbocycles. The second kappa shape index (κ2) is 11.1. The minimum absolute atomic E-state index is 0.0394. The van der Waals surface area contributed by atoms with Crippen molar-refractivity contribution in [2.75, 3.05) is 19.7 Å². The fourth-order valence-electron chi connectivity index (χ4n) is 4.61. The van der Waals surface area contributed by atoms with Crippen molar-refractivity contribution in [2.24, 2.45) is 0 Å². The number of carbonyl (C=O) groups excluding carboxylic acids is 2. The van der Waals surface area contributed by atoms with E-state index in [1.807, 2.05) is 81.1 Å². The number of carbonyl (C=O) groups is 2. The maximum atomic E-state index is 13.7. The Morgan fingerprint density at radius 1 is 1.09 bits per heavy atom. The third-order valence-electron chi connectivity index (χ3n) is 6.97. The third kappa shape index (κ3) is 5.43. The number of para-hydroxylation sites is 1. The summed E-state index contributed by atoms with van der Waals surface area (Å²) >= 11 is 1.74. The Morgan fingerprint density at radius 3 is 2.51 bits per heavy atom. The molecule has 2 atom stereocenters. The van der Waals surface area contributed by atoms with Gasteiger partial charge < -0.3 is 14.5 Å². The molecular weight excluding hydrogens is 456 g/mol. The SMILES string of the molecule is CC[C@H](C)N(CC(=O)N1CCc2sccc2[C@H]1COc1ccccc1C)C(=O)c1ccccc1C. The van der Waals surface area contributed by atoms with E-state index in [0.717, 1.165) is 35.3 Å². The van der Waals surface area contributed by atoms with Crippen LogP contribution in [0.15, 0.2) is 60.0 Å². The molecule has 3 aromatic rings. The number of nitrogens with zero attached hydrogens (tertiary/aromatic N) is 2. The number of hydrogen-bond acceptors (Lipinski definition) is 4. The van der Waals surface area contributed by atoms with Crippen molar-refractivity contribution in [3.63, 3.8) is 0 Å². The first-order chi connectivity index (χ1) is 16.9. The monoisotopic (exact) mass is 490 g/mol. The van der Waals surface area contributed by atoms with E-state index in [-0.39, 0.29) is 30.4 Å². The maximum absolute atomic E-state index is 13.7. The van der Waals surface area contributed by atoms with E-state index in [1.54, 1.807) is 16.2 Å². The molecule has 6 heteroatoms. The van der Waals surface area contributed by atoms with Gasteiger partial charge in [-0.1, -0.05) is 43.3 Å². The zero-order valence-corrected chi connectivity index (χ0v) is 21.8. The van der Waals surface area contributed by atoms with Crippen LogP contribution >= 0.6 is 11.3 Å². The van der Waals surface area contributed by atoms with Crippen molar-refractivity contribution in [3.05, 3.63) is 87.1 Å². The lowest BCUT2D eigenvalue weighted by atomic mass is 10.00. The molecule has 4 rings (SSSR count). The van der Waals surface area contributed by atoms with Crippen molar-refractivity contribution in [1.29, 1.82) is 0 Å². The smallest absolute Gasteiger partial charge is 0.254 e. The van der Waals surface area contributed by atoms with Gasteiger partial charge in [0, 0.05) is 23.0 Å². The molecule has 35 heavy (non-hydrogen) atoms. The Kier molecular flexibility index (Phi) is 7.91. The van der Waals surface area contributed by atoms with Crippen LogP contribution in [0.1, 0.15) is 58.2 Å². The van der Waals surface area contributed by atoms with Crippen LogP contribution < -0.4 is 4.74 Å². The largest absolute Gasteiger partial charge is 0.491 e. The number of fused-ring (bicyclic) bond motifs is 1. The van der Waals surface area contributed by atoms with Crippen molar-refractivity contribution in [2.45, 2.75) is 52.6 Å². The quantitative estimate of drug-likeness (QED) is 0.400. The second-order valence-electron chi connectivity index (χ2n) is 9.23. The van der Waals surface area contributed by atoms with Gasteiger partial charge >= 0.3 is 0 Å². The summed E-state index contributed by atoms with van der Waals surface area (Å²) in [7, 11) is 0. The van der Waals surface area contributed by atoms with E-state index >= 15 is 0 Å². The lowest BCUT2D eigenvalue weighted by Crippen LogP contribution is -2.50. The number of ether oxygens (including phenoxy) is 1. The first-order valence-corrected chi connectivity index (χ1v) is 13.2. The lowest BCUT2D eigenvalue weighted by molar-refractivity contribution is -0.136. The van der Waals surface area contributed by atoms with Gasteiger partial charge in [-0.05, 0) is 73.9 Å². The van der Waals surface area contributed by atoms with Crippen LogP contribution in [0.4, 0.5) is 0 Å². The molecule has 1 aliphatic rings. The second-order valence-corrected chi connectivity index (χ2v) is 10.2. The molecule has 1 aromatic heterocycles. The van der Waals surface area contributed by atoms with Crippen molar-refractivity contribution < 1.29 is 14.3 Å². The highest BCUT2D eigenvalue weighted by Gasteiger charge is 2.34.